The van der Waals surface area contributed by atoms with Gasteiger partial charge in [-0.25, -0.2) is 0 Å². The van der Waals surface area contributed by atoms with Gasteiger partial charge in [-0.15, -0.1) is 24.2 Å². The molecule has 1 aromatic rings. The second-order valence-electron chi connectivity index (χ2n) is 6.15. The highest BCUT2D eigenvalue weighted by Crippen LogP contribution is 2.28. The SMILES string of the molecule is CCOc1ccc(SCC(=O)NCC2(COC)CCNCC2)cc1.Cl. The maximum Gasteiger partial charge on any atom is 0.230 e. The summed E-state index contributed by atoms with van der Waals surface area (Å²) in [4.78, 5) is 13.2. The van der Waals surface area contributed by atoms with Crippen LogP contribution in [0.15, 0.2) is 29.2 Å². The molecule has 0 aliphatic carbocycles. The summed E-state index contributed by atoms with van der Waals surface area (Å²) in [5.74, 6) is 1.36. The van der Waals surface area contributed by atoms with Crippen LogP contribution in [0.5, 0.6) is 5.75 Å². The molecule has 1 aliphatic heterocycles. The van der Waals surface area contributed by atoms with Crippen molar-refractivity contribution in [2.75, 3.05) is 45.7 Å². The van der Waals surface area contributed by atoms with Crippen molar-refractivity contribution in [2.24, 2.45) is 5.41 Å². The van der Waals surface area contributed by atoms with Gasteiger partial charge in [-0.2, -0.15) is 0 Å². The Hall–Kier alpha value is -0.950. The van der Waals surface area contributed by atoms with E-state index in [4.69, 9.17) is 9.47 Å². The molecule has 0 saturated carbocycles. The van der Waals surface area contributed by atoms with Crippen molar-refractivity contribution in [1.82, 2.24) is 10.6 Å². The molecule has 1 aromatic carbocycles. The molecule has 1 aliphatic rings. The van der Waals surface area contributed by atoms with Crippen LogP contribution in [0.3, 0.4) is 0 Å². The van der Waals surface area contributed by atoms with Crippen molar-refractivity contribution in [3.8, 4) is 5.75 Å². The number of piperidine rings is 1. The molecule has 0 aromatic heterocycles. The highest BCUT2D eigenvalue weighted by Gasteiger charge is 2.32. The van der Waals surface area contributed by atoms with E-state index >= 15 is 0 Å². The van der Waals surface area contributed by atoms with Crippen LogP contribution < -0.4 is 15.4 Å². The van der Waals surface area contributed by atoms with Crippen molar-refractivity contribution in [3.05, 3.63) is 24.3 Å². The lowest BCUT2D eigenvalue weighted by Crippen LogP contribution is -2.47. The fourth-order valence-corrected chi connectivity index (χ4v) is 3.65. The van der Waals surface area contributed by atoms with E-state index in [9.17, 15) is 4.79 Å². The molecule has 142 valence electrons. The Bertz CT molecular complexity index is 502. The lowest BCUT2D eigenvalue weighted by molar-refractivity contribution is -0.119. The van der Waals surface area contributed by atoms with E-state index in [0.29, 0.717) is 25.5 Å². The number of rotatable bonds is 9. The number of carbonyl (C=O) groups is 1. The van der Waals surface area contributed by atoms with E-state index in [0.717, 1.165) is 36.6 Å². The average Bonchev–Trinajstić information content (AvgIpc) is 2.61. The Morgan fingerprint density at radius 2 is 1.96 bits per heavy atom. The fourth-order valence-electron chi connectivity index (χ4n) is 2.92. The molecule has 2 rings (SSSR count). The number of hydrogen-bond donors (Lipinski definition) is 2. The van der Waals surface area contributed by atoms with Crippen molar-refractivity contribution < 1.29 is 14.3 Å². The highest BCUT2D eigenvalue weighted by molar-refractivity contribution is 8.00. The Morgan fingerprint density at radius 3 is 2.56 bits per heavy atom. The van der Waals surface area contributed by atoms with Gasteiger partial charge in [-0.3, -0.25) is 4.79 Å². The van der Waals surface area contributed by atoms with Gasteiger partial charge in [-0.1, -0.05) is 0 Å². The first-order valence-corrected chi connectivity index (χ1v) is 9.48. The van der Waals surface area contributed by atoms with Gasteiger partial charge in [0, 0.05) is 24.0 Å². The number of ether oxygens (including phenoxy) is 2. The molecule has 2 N–H and O–H groups in total. The number of benzene rings is 1. The van der Waals surface area contributed by atoms with Crippen molar-refractivity contribution in [1.29, 1.82) is 0 Å². The van der Waals surface area contributed by atoms with Crippen molar-refractivity contribution in [3.63, 3.8) is 0 Å². The minimum Gasteiger partial charge on any atom is -0.494 e. The van der Waals surface area contributed by atoms with E-state index in [-0.39, 0.29) is 23.7 Å². The summed E-state index contributed by atoms with van der Waals surface area (Å²) in [7, 11) is 1.73. The molecule has 0 radical (unpaired) electrons. The second kappa shape index (κ2) is 11.6. The number of carbonyl (C=O) groups excluding carboxylic acids is 1. The third-order valence-corrected chi connectivity index (χ3v) is 5.29. The summed E-state index contributed by atoms with van der Waals surface area (Å²) in [6, 6.07) is 7.85. The molecule has 5 nitrogen and oxygen atoms in total. The van der Waals surface area contributed by atoms with Crippen molar-refractivity contribution >= 4 is 30.1 Å². The summed E-state index contributed by atoms with van der Waals surface area (Å²) in [6.45, 7) is 5.98. The molecule has 0 bridgehead atoms. The normalized spacial score (nSPS) is 15.9. The Morgan fingerprint density at radius 1 is 1.28 bits per heavy atom. The molecule has 0 spiro atoms. The van der Waals surface area contributed by atoms with Crippen LogP contribution in [-0.2, 0) is 9.53 Å². The zero-order valence-corrected chi connectivity index (χ0v) is 16.6. The van der Waals surface area contributed by atoms with E-state index in [1.807, 2.05) is 31.2 Å². The monoisotopic (exact) mass is 388 g/mol. The molecule has 1 amide bonds. The fraction of sp³-hybridized carbons (Fsp3) is 0.611. The predicted octanol–water partition coefficient (Wildman–Crippen LogP) is 2.73. The highest BCUT2D eigenvalue weighted by atomic mass is 35.5. The quantitative estimate of drug-likeness (QED) is 0.637. The third kappa shape index (κ3) is 7.44. The Kier molecular flexibility index (Phi) is 10.3. The summed E-state index contributed by atoms with van der Waals surface area (Å²) in [6.07, 6.45) is 2.07. The lowest BCUT2D eigenvalue weighted by Gasteiger charge is -2.37. The molecule has 1 heterocycles. The molecular weight excluding hydrogens is 360 g/mol. The number of halogens is 1. The molecule has 1 saturated heterocycles. The molecule has 0 atom stereocenters. The maximum absolute atomic E-state index is 12.2. The molecule has 1 fully saturated rings. The Balaban J connectivity index is 0.00000312. The van der Waals surface area contributed by atoms with Crippen LogP contribution in [-0.4, -0.2) is 51.6 Å². The van der Waals surface area contributed by atoms with Gasteiger partial charge in [0.05, 0.1) is 19.0 Å². The number of amides is 1. The number of thioether (sulfide) groups is 1. The summed E-state index contributed by atoms with van der Waals surface area (Å²) in [5, 5.41) is 6.45. The summed E-state index contributed by atoms with van der Waals surface area (Å²) in [5.41, 5.74) is 0.0689. The van der Waals surface area contributed by atoms with E-state index in [2.05, 4.69) is 10.6 Å². The van der Waals surface area contributed by atoms with Gasteiger partial charge >= 0.3 is 0 Å². The van der Waals surface area contributed by atoms with Crippen LogP contribution in [0, 0.1) is 5.41 Å². The van der Waals surface area contributed by atoms with Crippen LogP contribution >= 0.6 is 24.2 Å². The van der Waals surface area contributed by atoms with Crippen molar-refractivity contribution in [2.45, 2.75) is 24.7 Å². The number of methoxy groups -OCH3 is 1. The topological polar surface area (TPSA) is 59.6 Å². The van der Waals surface area contributed by atoms with Gasteiger partial charge in [0.25, 0.3) is 0 Å². The Labute approximate surface area is 161 Å². The smallest absolute Gasteiger partial charge is 0.230 e. The molecule has 25 heavy (non-hydrogen) atoms. The second-order valence-corrected chi connectivity index (χ2v) is 7.20. The number of nitrogens with one attached hydrogen (secondary N) is 2. The minimum absolute atomic E-state index is 0. The predicted molar refractivity (Wildman–Crippen MR) is 105 cm³/mol. The zero-order chi connectivity index (χ0) is 17.3. The number of hydrogen-bond acceptors (Lipinski definition) is 5. The van der Waals surface area contributed by atoms with Gasteiger partial charge in [0.2, 0.25) is 5.91 Å². The van der Waals surface area contributed by atoms with E-state index in [1.54, 1.807) is 18.9 Å². The van der Waals surface area contributed by atoms with E-state index in [1.165, 1.54) is 0 Å². The van der Waals surface area contributed by atoms with Gasteiger partial charge < -0.3 is 20.1 Å². The zero-order valence-electron chi connectivity index (χ0n) is 15.0. The van der Waals surface area contributed by atoms with Gasteiger partial charge in [0.15, 0.2) is 0 Å². The minimum atomic E-state index is 0. The lowest BCUT2D eigenvalue weighted by atomic mass is 9.79. The van der Waals surface area contributed by atoms with Crippen LogP contribution in [0.1, 0.15) is 19.8 Å². The van der Waals surface area contributed by atoms with Crippen LogP contribution in [0.25, 0.3) is 0 Å². The third-order valence-electron chi connectivity index (χ3n) is 4.28. The standard InChI is InChI=1S/C18H28N2O3S.ClH/c1-3-23-15-4-6-16(7-5-15)24-12-17(21)20-13-18(14-22-2)8-10-19-11-9-18;/h4-7,19H,3,8-14H2,1-2H3,(H,20,21);1H. The maximum atomic E-state index is 12.2. The van der Waals surface area contributed by atoms with E-state index < -0.39 is 0 Å². The first-order chi connectivity index (χ1) is 11.7. The average molecular weight is 389 g/mol. The molecule has 0 unspecified atom stereocenters. The summed E-state index contributed by atoms with van der Waals surface area (Å²) >= 11 is 1.54. The van der Waals surface area contributed by atoms with Gasteiger partial charge in [-0.05, 0) is 57.1 Å². The van der Waals surface area contributed by atoms with Gasteiger partial charge in [0.1, 0.15) is 5.75 Å². The first kappa shape index (κ1) is 22.1. The first-order valence-electron chi connectivity index (χ1n) is 8.49. The summed E-state index contributed by atoms with van der Waals surface area (Å²) < 4.78 is 10.8. The molecule has 7 heteroatoms. The largest absolute Gasteiger partial charge is 0.494 e. The van der Waals surface area contributed by atoms with Crippen LogP contribution in [0.4, 0.5) is 0 Å². The molecular formula is C18H29ClN2O3S. The van der Waals surface area contributed by atoms with Crippen LogP contribution in [0.2, 0.25) is 0 Å².